The number of imidazole rings is 1. The molecule has 0 aliphatic rings. The van der Waals surface area contributed by atoms with E-state index in [2.05, 4.69) is 10.3 Å². The summed E-state index contributed by atoms with van der Waals surface area (Å²) in [5.41, 5.74) is 2.06. The molecule has 1 N–H and O–H groups in total. The molecule has 0 bridgehead atoms. The first-order chi connectivity index (χ1) is 17.4. The summed E-state index contributed by atoms with van der Waals surface area (Å²) >= 11 is 19.3. The molecule has 2 aromatic heterocycles. The molecule has 0 saturated carbocycles. The van der Waals surface area contributed by atoms with Crippen LogP contribution in [0.4, 0.5) is 5.69 Å². The van der Waals surface area contributed by atoms with Crippen LogP contribution in [0.15, 0.2) is 93.4 Å². The van der Waals surface area contributed by atoms with Crippen molar-refractivity contribution in [3.05, 3.63) is 104 Å². The lowest BCUT2D eigenvalue weighted by Gasteiger charge is -2.08. The maximum absolute atomic E-state index is 12.7. The van der Waals surface area contributed by atoms with E-state index in [0.29, 0.717) is 42.8 Å². The molecule has 0 spiro atoms. The average molecular weight is 557 g/mol. The lowest BCUT2D eigenvalue weighted by atomic mass is 10.1. The molecule has 0 atom stereocenters. The molecule has 0 aliphatic carbocycles. The number of amides is 1. The number of carbonyl (C=O) groups is 1. The molecule has 180 valence electrons. The lowest BCUT2D eigenvalue weighted by molar-refractivity contribution is -0.113. The predicted molar refractivity (Wildman–Crippen MR) is 146 cm³/mol. The van der Waals surface area contributed by atoms with Crippen LogP contribution >= 0.6 is 46.6 Å². The van der Waals surface area contributed by atoms with Gasteiger partial charge in [0.25, 0.3) is 0 Å². The van der Waals surface area contributed by atoms with Gasteiger partial charge in [-0.05, 0) is 54.6 Å². The van der Waals surface area contributed by atoms with E-state index in [1.54, 1.807) is 59.3 Å². The number of anilines is 1. The summed E-state index contributed by atoms with van der Waals surface area (Å²) in [7, 11) is 0. The van der Waals surface area contributed by atoms with Crippen LogP contribution in [0.1, 0.15) is 0 Å². The van der Waals surface area contributed by atoms with Gasteiger partial charge in [0.2, 0.25) is 5.91 Å². The van der Waals surface area contributed by atoms with E-state index in [1.807, 2.05) is 24.3 Å². The topological polar surface area (TPSA) is 77.1 Å². The number of benzene rings is 3. The smallest absolute Gasteiger partial charge is 0.345 e. The minimum atomic E-state index is -0.497. The average Bonchev–Trinajstić information content (AvgIpc) is 3.29. The quantitative estimate of drug-likeness (QED) is 0.175. The highest BCUT2D eigenvalue weighted by molar-refractivity contribution is 7.99. The van der Waals surface area contributed by atoms with Crippen LogP contribution in [0.3, 0.4) is 0 Å². The zero-order chi connectivity index (χ0) is 25.2. The molecule has 0 fully saturated rings. The number of hydrogen-bond acceptors (Lipinski definition) is 5. The third-order valence-corrected chi connectivity index (χ3v) is 7.18. The number of para-hydroxylation sites is 1. The molecule has 10 heteroatoms. The zero-order valence-electron chi connectivity index (χ0n) is 18.4. The van der Waals surface area contributed by atoms with Crippen molar-refractivity contribution >= 4 is 69.1 Å². The first-order valence-corrected chi connectivity index (χ1v) is 12.8. The summed E-state index contributed by atoms with van der Waals surface area (Å²) < 4.78 is 7.29. The molecule has 0 unspecified atom stereocenters. The summed E-state index contributed by atoms with van der Waals surface area (Å²) in [5.74, 6) is -0.188. The van der Waals surface area contributed by atoms with Crippen molar-refractivity contribution in [2.45, 2.75) is 5.16 Å². The fourth-order valence-electron chi connectivity index (χ4n) is 3.52. The third kappa shape index (κ3) is 5.29. The van der Waals surface area contributed by atoms with Gasteiger partial charge in [-0.2, -0.15) is 0 Å². The van der Waals surface area contributed by atoms with Gasteiger partial charge in [-0.25, -0.2) is 9.78 Å². The van der Waals surface area contributed by atoms with Crippen molar-refractivity contribution in [3.63, 3.8) is 0 Å². The van der Waals surface area contributed by atoms with E-state index in [9.17, 15) is 9.59 Å². The Morgan fingerprint density at radius 1 is 0.972 bits per heavy atom. The fraction of sp³-hybridized carbons (Fsp3) is 0.0385. The monoisotopic (exact) mass is 555 g/mol. The second kappa shape index (κ2) is 10.4. The summed E-state index contributed by atoms with van der Waals surface area (Å²) in [6, 6.07) is 21.1. The Bertz CT molecular complexity index is 1650. The number of halogens is 3. The normalized spacial score (nSPS) is 11.1. The van der Waals surface area contributed by atoms with Crippen LogP contribution in [0.5, 0.6) is 0 Å². The number of carbonyl (C=O) groups excluding carboxylic acids is 1. The van der Waals surface area contributed by atoms with Crippen LogP contribution in [-0.2, 0) is 4.79 Å². The van der Waals surface area contributed by atoms with Crippen molar-refractivity contribution < 1.29 is 9.21 Å². The molecule has 36 heavy (non-hydrogen) atoms. The van der Waals surface area contributed by atoms with Crippen molar-refractivity contribution in [2.75, 3.05) is 11.1 Å². The SMILES string of the molecule is O=C(CSc1nc(-c2cc3ccccc3oc2=O)cn1-c1ccc(Cl)cc1)Nc1ccc(Cl)c(Cl)c1. The van der Waals surface area contributed by atoms with Gasteiger partial charge in [-0.15, -0.1) is 0 Å². The Morgan fingerprint density at radius 3 is 2.53 bits per heavy atom. The molecular formula is C26H16Cl3N3O3S. The summed E-state index contributed by atoms with van der Waals surface area (Å²) in [4.78, 5) is 30.0. The van der Waals surface area contributed by atoms with Crippen LogP contribution in [0.25, 0.3) is 27.9 Å². The Morgan fingerprint density at radius 2 is 1.75 bits per heavy atom. The highest BCUT2D eigenvalue weighted by atomic mass is 35.5. The second-order valence-electron chi connectivity index (χ2n) is 7.71. The Labute approximate surface area is 224 Å². The lowest BCUT2D eigenvalue weighted by Crippen LogP contribution is -2.14. The Kier molecular flexibility index (Phi) is 7.07. The van der Waals surface area contributed by atoms with Crippen molar-refractivity contribution in [3.8, 4) is 16.9 Å². The summed E-state index contributed by atoms with van der Waals surface area (Å²) in [6.45, 7) is 0. The number of nitrogens with one attached hydrogen (secondary N) is 1. The van der Waals surface area contributed by atoms with Gasteiger partial charge >= 0.3 is 5.63 Å². The summed E-state index contributed by atoms with van der Waals surface area (Å²) in [5, 5.41) is 5.43. The van der Waals surface area contributed by atoms with Crippen LogP contribution in [0, 0.1) is 0 Å². The molecule has 1 amide bonds. The first kappa shape index (κ1) is 24.5. The third-order valence-electron chi connectivity index (χ3n) is 5.23. The number of hydrogen-bond donors (Lipinski definition) is 1. The Balaban J connectivity index is 1.46. The van der Waals surface area contributed by atoms with Gasteiger partial charge < -0.3 is 9.73 Å². The Hall–Kier alpha value is -3.23. The molecule has 6 nitrogen and oxygen atoms in total. The molecule has 3 aromatic carbocycles. The highest BCUT2D eigenvalue weighted by Gasteiger charge is 2.17. The van der Waals surface area contributed by atoms with E-state index in [0.717, 1.165) is 11.1 Å². The zero-order valence-corrected chi connectivity index (χ0v) is 21.5. The minimum Gasteiger partial charge on any atom is -0.422 e. The standard InChI is InChI=1S/C26H16Cl3N3O3S/c27-16-5-8-18(9-6-16)32-13-22(19-11-15-3-1-2-4-23(15)35-25(19)34)31-26(32)36-14-24(33)30-17-7-10-20(28)21(29)12-17/h1-13H,14H2,(H,30,33). The molecule has 2 heterocycles. The van der Waals surface area contributed by atoms with Gasteiger partial charge in [-0.3, -0.25) is 9.36 Å². The predicted octanol–water partition coefficient (Wildman–Crippen LogP) is 7.34. The van der Waals surface area contributed by atoms with Crippen molar-refractivity contribution in [1.29, 1.82) is 0 Å². The van der Waals surface area contributed by atoms with E-state index in [-0.39, 0.29) is 11.7 Å². The van der Waals surface area contributed by atoms with E-state index < -0.39 is 5.63 Å². The van der Waals surface area contributed by atoms with Gasteiger partial charge in [-0.1, -0.05) is 64.8 Å². The number of aromatic nitrogens is 2. The second-order valence-corrected chi connectivity index (χ2v) is 9.90. The minimum absolute atomic E-state index is 0.0661. The van der Waals surface area contributed by atoms with E-state index >= 15 is 0 Å². The highest BCUT2D eigenvalue weighted by Crippen LogP contribution is 2.29. The van der Waals surface area contributed by atoms with Gasteiger partial charge in [0.1, 0.15) is 5.58 Å². The van der Waals surface area contributed by atoms with Gasteiger partial charge in [0, 0.05) is 28.0 Å². The van der Waals surface area contributed by atoms with Gasteiger partial charge in [0.05, 0.1) is 27.1 Å². The van der Waals surface area contributed by atoms with E-state index in [4.69, 9.17) is 39.2 Å². The first-order valence-electron chi connectivity index (χ1n) is 10.6. The largest absolute Gasteiger partial charge is 0.422 e. The van der Waals surface area contributed by atoms with Gasteiger partial charge in [0.15, 0.2) is 5.16 Å². The van der Waals surface area contributed by atoms with Crippen molar-refractivity contribution in [2.24, 2.45) is 0 Å². The molecule has 5 rings (SSSR count). The molecule has 5 aromatic rings. The molecule has 0 radical (unpaired) electrons. The number of thioether (sulfide) groups is 1. The molecule has 0 aliphatic heterocycles. The number of fused-ring (bicyclic) bond motifs is 1. The summed E-state index contributed by atoms with van der Waals surface area (Å²) in [6.07, 6.45) is 1.74. The maximum atomic E-state index is 12.7. The molecule has 0 saturated heterocycles. The maximum Gasteiger partial charge on any atom is 0.345 e. The van der Waals surface area contributed by atoms with Crippen LogP contribution < -0.4 is 10.9 Å². The molecular weight excluding hydrogens is 541 g/mol. The van der Waals surface area contributed by atoms with Crippen LogP contribution in [-0.4, -0.2) is 21.2 Å². The van der Waals surface area contributed by atoms with Crippen molar-refractivity contribution in [1.82, 2.24) is 9.55 Å². The van der Waals surface area contributed by atoms with E-state index in [1.165, 1.54) is 11.8 Å². The van der Waals surface area contributed by atoms with Crippen LogP contribution in [0.2, 0.25) is 15.1 Å². The number of rotatable bonds is 6. The fourth-order valence-corrected chi connectivity index (χ4v) is 4.74. The number of nitrogens with zero attached hydrogens (tertiary/aromatic N) is 2.